The Bertz CT molecular complexity index is 6510. The minimum atomic E-state index is -4.67. The number of halogens is 24. The molecule has 0 unspecified atom stereocenters. The number of pyridine rings is 10. The minimum Gasteiger partial charge on any atom is -0.495 e. The van der Waals surface area contributed by atoms with E-state index in [0.29, 0.717) is 17.7 Å². The Morgan fingerprint density at radius 3 is 1.15 bits per heavy atom. The fourth-order valence-corrected chi connectivity index (χ4v) is 12.3. The summed E-state index contributed by atoms with van der Waals surface area (Å²) in [5.74, 6) is -13.0. The number of hydrogen-bond acceptors (Lipinski definition) is 26. The molecule has 53 heteroatoms. The summed E-state index contributed by atoms with van der Waals surface area (Å²) in [6.45, 7) is 4.30. The molecular weight excluding hydrogens is 1970 g/mol. The van der Waals surface area contributed by atoms with Crippen LogP contribution in [-0.2, 0) is 26.6 Å². The SMILES string of the molecule is COC(=O)c1nc(-c2ccc(C(F)(F)F)nc2)c(F)c(N)c1Cl.COC(=O)c1nc(-c2ccc(C)nc2)c(F)c(N)c1Cl.COC(=O)c1nc(-c2ccc(Cl)c(OC)c2C(F)F)cc(N)c1Cl.Cc1c(F)c(Cl)cc(F)c1-c1cc(N)c(Cl)c(C(=O)O)n1.Cc1nc(C(F)(F)F)ccc1-c1nc(C(=O)O)c(Cl)c(N)c1F.Nc1c(F)c(-c2ccc(C(F)F)nc2)nc(C(=O)O)c1Cl. The topological polar surface area (TPSA) is 485 Å². The van der Waals surface area contributed by atoms with Gasteiger partial charge < -0.3 is 68.7 Å². The minimum absolute atomic E-state index is 0.00256. The van der Waals surface area contributed by atoms with Crippen molar-refractivity contribution >= 4 is 163 Å². The van der Waals surface area contributed by atoms with Crippen molar-refractivity contribution in [3.63, 3.8) is 0 Å². The maximum atomic E-state index is 14.2. The molecule has 0 spiro atoms. The van der Waals surface area contributed by atoms with Crippen LogP contribution in [-0.4, -0.2) is 129 Å². The molecule has 0 atom stereocenters. The zero-order valence-corrected chi connectivity index (χ0v) is 72.9. The van der Waals surface area contributed by atoms with Crippen LogP contribution in [0.4, 0.5) is 104 Å². The van der Waals surface area contributed by atoms with E-state index in [1.54, 1.807) is 19.1 Å². The number of carboxylic acid groups (broad SMARTS) is 3. The number of hydrogen-bond donors (Lipinski definition) is 9. The molecule has 0 amide bonds. The number of methoxy groups -OCH3 is 4. The van der Waals surface area contributed by atoms with Crippen LogP contribution < -0.4 is 39.1 Å². The summed E-state index contributed by atoms with van der Waals surface area (Å²) >= 11 is 45.8. The van der Waals surface area contributed by atoms with Gasteiger partial charge in [-0.05, 0) is 99.1 Å². The van der Waals surface area contributed by atoms with Crippen LogP contribution in [0.25, 0.3) is 67.5 Å². The smallest absolute Gasteiger partial charge is 0.433 e. The van der Waals surface area contributed by atoms with Crippen LogP contribution in [0, 0.1) is 55.7 Å². The summed E-state index contributed by atoms with van der Waals surface area (Å²) in [5, 5.41) is 24.3. The molecule has 0 saturated carbocycles. The lowest BCUT2D eigenvalue weighted by Crippen LogP contribution is -2.11. The predicted octanol–water partition coefficient (Wildman–Crippen LogP) is 20.9. The van der Waals surface area contributed by atoms with E-state index in [0.717, 1.165) is 62.6 Å². The summed E-state index contributed by atoms with van der Waals surface area (Å²) in [4.78, 5) is 104. The number of carbonyl (C=O) groups is 6. The van der Waals surface area contributed by atoms with Crippen molar-refractivity contribution < 1.29 is 133 Å². The molecule has 29 nitrogen and oxygen atoms in total. The largest absolute Gasteiger partial charge is 0.495 e. The first kappa shape index (κ1) is 106. The molecule has 12 rings (SSSR count). The second kappa shape index (κ2) is 44.0. The van der Waals surface area contributed by atoms with Gasteiger partial charge in [0.15, 0.2) is 57.4 Å². The van der Waals surface area contributed by atoms with Crippen LogP contribution in [0.15, 0.2) is 97.5 Å². The van der Waals surface area contributed by atoms with Crippen LogP contribution >= 0.6 is 92.8 Å². The molecule has 0 radical (unpaired) electrons. The first-order valence-electron chi connectivity index (χ1n) is 35.0. The first-order chi connectivity index (χ1) is 61.5. The Morgan fingerprint density at radius 1 is 0.394 bits per heavy atom. The van der Waals surface area contributed by atoms with E-state index >= 15 is 0 Å². The highest BCUT2D eigenvalue weighted by atomic mass is 35.5. The van der Waals surface area contributed by atoms with Crippen molar-refractivity contribution in [2.75, 3.05) is 62.8 Å². The summed E-state index contributed by atoms with van der Waals surface area (Å²) in [7, 11) is 4.59. The zero-order valence-electron chi connectivity index (χ0n) is 66.8. The van der Waals surface area contributed by atoms with Gasteiger partial charge in [0, 0.05) is 63.4 Å². The highest BCUT2D eigenvalue weighted by Crippen LogP contribution is 2.45. The highest BCUT2D eigenvalue weighted by molar-refractivity contribution is 6.38. The number of nitrogens with zero attached hydrogens (tertiary/aromatic N) is 10. The second-order valence-corrected chi connectivity index (χ2v) is 28.6. The number of aryl methyl sites for hydroxylation is 2. The van der Waals surface area contributed by atoms with Crippen LogP contribution in [0.3, 0.4) is 0 Å². The van der Waals surface area contributed by atoms with E-state index in [-0.39, 0.29) is 115 Å². The van der Waals surface area contributed by atoms with Crippen molar-refractivity contribution in [2.45, 2.75) is 46.0 Å². The summed E-state index contributed by atoms with van der Waals surface area (Å²) < 4.78 is 230. The second-order valence-electron chi connectivity index (χ2n) is 25.5. The Morgan fingerprint density at radius 2 is 0.765 bits per heavy atom. The molecule has 696 valence electrons. The zero-order chi connectivity index (χ0) is 99.4. The number of ether oxygens (including phenoxy) is 4. The summed E-state index contributed by atoms with van der Waals surface area (Å²) in [6.07, 6.45) is -11.8. The Balaban J connectivity index is 0.000000217. The van der Waals surface area contributed by atoms with E-state index < -0.39 is 191 Å². The molecule has 2 aromatic carbocycles. The van der Waals surface area contributed by atoms with Gasteiger partial charge in [0.2, 0.25) is 0 Å². The average molecular weight is 2020 g/mol. The number of anilines is 6. The number of carbonyl (C=O) groups excluding carboxylic acids is 3. The van der Waals surface area contributed by atoms with Gasteiger partial charge >= 0.3 is 48.2 Å². The predicted molar refractivity (Wildman–Crippen MR) is 451 cm³/mol. The molecule has 0 fully saturated rings. The van der Waals surface area contributed by atoms with Crippen LogP contribution in [0.5, 0.6) is 5.75 Å². The van der Waals surface area contributed by atoms with E-state index in [2.05, 4.69) is 64.1 Å². The van der Waals surface area contributed by atoms with Crippen molar-refractivity contribution in [1.82, 2.24) is 49.8 Å². The molecule has 10 heterocycles. The van der Waals surface area contributed by atoms with Crippen molar-refractivity contribution in [2.24, 2.45) is 0 Å². The molecule has 132 heavy (non-hydrogen) atoms. The molecule has 12 aromatic rings. The van der Waals surface area contributed by atoms with Crippen molar-refractivity contribution in [3.05, 3.63) is 246 Å². The molecule has 0 aliphatic heterocycles. The number of aromatic nitrogens is 10. The maximum Gasteiger partial charge on any atom is 0.433 e. The third-order valence-electron chi connectivity index (χ3n) is 17.1. The molecule has 10 aromatic heterocycles. The normalized spacial score (nSPS) is 11.0. The van der Waals surface area contributed by atoms with Gasteiger partial charge in [-0.15, -0.1) is 0 Å². The third-order valence-corrected chi connectivity index (χ3v) is 20.0. The molecule has 15 N–H and O–H groups in total. The number of nitrogens with two attached hydrogens (primary N) is 6. The van der Waals surface area contributed by atoms with Gasteiger partial charge in [-0.1, -0.05) is 98.9 Å². The fourth-order valence-electron chi connectivity index (χ4n) is 10.7. The van der Waals surface area contributed by atoms with Gasteiger partial charge in [0.1, 0.15) is 57.2 Å². The Hall–Kier alpha value is -13.4. The molecular formula is C79H54Cl8F16N16O13. The van der Waals surface area contributed by atoms with Gasteiger partial charge in [-0.2, -0.15) is 26.3 Å². The van der Waals surface area contributed by atoms with Gasteiger partial charge in [-0.25, -0.2) is 108 Å². The van der Waals surface area contributed by atoms with Crippen LogP contribution in [0.1, 0.15) is 115 Å². The van der Waals surface area contributed by atoms with Crippen molar-refractivity contribution in [1.29, 1.82) is 0 Å². The van der Waals surface area contributed by atoms with E-state index in [1.165, 1.54) is 58.5 Å². The number of benzene rings is 2. The standard InChI is InChI=1S/C15H12Cl2F2N2O3.C13H8Cl2F2N2O2.2C13H8ClF4N3O2.C13H11ClFN3O2.C12H7ClF3N3O2/c1-23-13-7(16)4-3-6(10(13)14(18)19)9-5-8(20)11(17)12(21-9)15(22)24-2;1-4-9(6(16)2-5(14)11(4)17)8-3-7(18)10(15)12(19-8)13(20)21;1-23-12(22)11-7(14)9(19)8(15)10(21-11)5-2-3-6(20-4-5)13(16,17)18;1-4-5(2-3-6(20-4)13(16,17)18)10-8(15)9(19)7(14)11(21-10)12(22)23;1-6-3-4-7(5-17-6)11-9(15)10(16)8(14)12(18-11)13(19)20-2;13-6-8(17)7(14)9(19-10(6)12(20)21)4-1-2-5(11(15)16)18-3-4/h3-5,14H,1-2H3,(H2,20,21);2-3H,1H3,(H2,18,19)(H,20,21);2-4H,1H3,(H2,19,21);2-3H,1H3,(H2,19,21)(H,22,23);3-5H,1-2H3,(H2,16,18);1-3,11H,(H2,17,19)(H,20,21). The molecule has 0 aliphatic rings. The number of nitrogen functional groups attached to an aromatic ring is 6. The Labute approximate surface area is 769 Å². The number of esters is 3. The molecule has 0 saturated heterocycles. The van der Waals surface area contributed by atoms with Gasteiger partial charge in [0.05, 0.1) is 120 Å². The van der Waals surface area contributed by atoms with Crippen molar-refractivity contribution in [3.8, 4) is 73.3 Å². The molecule has 0 bridgehead atoms. The number of alkyl halides is 10. The average Bonchev–Trinajstić information content (AvgIpc) is 0.741. The summed E-state index contributed by atoms with van der Waals surface area (Å²) in [6, 6.07) is 14.6. The fraction of sp³-hybridized carbons (Fsp3) is 0.139. The van der Waals surface area contributed by atoms with E-state index in [1.807, 2.05) is 0 Å². The maximum absolute atomic E-state index is 14.2. The van der Waals surface area contributed by atoms with Gasteiger partial charge in [-0.3, -0.25) is 15.0 Å². The Kier molecular flexibility index (Phi) is 35.2. The third kappa shape index (κ3) is 24.0. The van der Waals surface area contributed by atoms with Crippen LogP contribution in [0.2, 0.25) is 40.2 Å². The monoisotopic (exact) mass is 2020 g/mol. The van der Waals surface area contributed by atoms with Gasteiger partial charge in [0.25, 0.3) is 12.9 Å². The van der Waals surface area contributed by atoms with E-state index in [9.17, 15) is 99.0 Å². The lowest BCUT2D eigenvalue weighted by molar-refractivity contribution is -0.142. The number of rotatable bonds is 15. The highest BCUT2D eigenvalue weighted by Gasteiger charge is 2.36. The molecule has 0 aliphatic carbocycles. The number of aromatic carboxylic acids is 3. The summed E-state index contributed by atoms with van der Waals surface area (Å²) in [5.41, 5.74) is 23.5. The first-order valence-corrected chi connectivity index (χ1v) is 38.1. The quantitative estimate of drug-likeness (QED) is 0.0199. The lowest BCUT2D eigenvalue weighted by Gasteiger charge is -2.15. The van der Waals surface area contributed by atoms with E-state index in [4.69, 9.17) is 147 Å². The lowest BCUT2D eigenvalue weighted by atomic mass is 10.0. The number of carboxylic acids is 3.